The Morgan fingerprint density at radius 1 is 1.25 bits per heavy atom. The van der Waals surface area contributed by atoms with Crippen molar-refractivity contribution >= 4 is 11.6 Å². The van der Waals surface area contributed by atoms with E-state index in [1.165, 1.54) is 0 Å². The minimum absolute atomic E-state index is 0.184. The number of halogens is 1. The highest BCUT2D eigenvalue weighted by Gasteiger charge is 2.13. The lowest BCUT2D eigenvalue weighted by atomic mass is 9.99. The van der Waals surface area contributed by atoms with Crippen LogP contribution in [-0.4, -0.2) is 19.2 Å². The normalized spacial score (nSPS) is 11.5. The highest BCUT2D eigenvalue weighted by atomic mass is 35.5. The van der Waals surface area contributed by atoms with Gasteiger partial charge in [0, 0.05) is 10.6 Å². The molecule has 0 radical (unpaired) electrons. The molecule has 0 atom stereocenters. The van der Waals surface area contributed by atoms with Gasteiger partial charge in [-0.25, -0.2) is 0 Å². The van der Waals surface area contributed by atoms with Gasteiger partial charge in [0.1, 0.15) is 5.75 Å². The van der Waals surface area contributed by atoms with Crippen molar-refractivity contribution in [1.29, 1.82) is 0 Å². The van der Waals surface area contributed by atoms with E-state index in [9.17, 15) is 0 Å². The Balaban J connectivity index is 2.23. The summed E-state index contributed by atoms with van der Waals surface area (Å²) in [5.74, 6) is 0.881. The molecule has 1 aromatic rings. The summed E-state index contributed by atoms with van der Waals surface area (Å²) in [6, 6.07) is 7.47. The zero-order chi connectivity index (χ0) is 12.0. The Hall–Kier alpha value is -0.730. The van der Waals surface area contributed by atoms with E-state index in [0.717, 1.165) is 30.2 Å². The minimum Gasteiger partial charge on any atom is -0.494 e. The van der Waals surface area contributed by atoms with Crippen LogP contribution in [-0.2, 0) is 0 Å². The van der Waals surface area contributed by atoms with Crippen molar-refractivity contribution in [3.63, 3.8) is 0 Å². The molecule has 0 spiro atoms. The first kappa shape index (κ1) is 13.3. The molecule has 16 heavy (non-hydrogen) atoms. The van der Waals surface area contributed by atoms with Crippen molar-refractivity contribution in [2.45, 2.75) is 32.2 Å². The summed E-state index contributed by atoms with van der Waals surface area (Å²) in [5, 5.41) is 4.01. The molecule has 3 heteroatoms. The molecular formula is C13H20ClNO. The van der Waals surface area contributed by atoms with Gasteiger partial charge in [0.05, 0.1) is 6.61 Å². The molecule has 0 aliphatic carbocycles. The van der Waals surface area contributed by atoms with E-state index >= 15 is 0 Å². The molecule has 0 aromatic heterocycles. The van der Waals surface area contributed by atoms with E-state index < -0.39 is 0 Å². The van der Waals surface area contributed by atoms with Gasteiger partial charge in [0.15, 0.2) is 0 Å². The van der Waals surface area contributed by atoms with E-state index in [2.05, 4.69) is 19.2 Å². The second kappa shape index (κ2) is 6.12. The van der Waals surface area contributed by atoms with Gasteiger partial charge in [-0.3, -0.25) is 0 Å². The van der Waals surface area contributed by atoms with Crippen LogP contribution in [0.2, 0.25) is 5.02 Å². The van der Waals surface area contributed by atoms with Crippen molar-refractivity contribution in [2.24, 2.45) is 0 Å². The average Bonchev–Trinajstić information content (AvgIpc) is 2.27. The Bertz CT molecular complexity index is 308. The van der Waals surface area contributed by atoms with E-state index in [0.29, 0.717) is 0 Å². The second-order valence-electron chi connectivity index (χ2n) is 4.54. The molecule has 0 fully saturated rings. The first-order chi connectivity index (χ1) is 7.53. The van der Waals surface area contributed by atoms with E-state index in [1.54, 1.807) is 0 Å². The van der Waals surface area contributed by atoms with Gasteiger partial charge in [-0.1, -0.05) is 11.6 Å². The third kappa shape index (κ3) is 4.86. The smallest absolute Gasteiger partial charge is 0.119 e. The van der Waals surface area contributed by atoms with Crippen LogP contribution in [0.4, 0.5) is 0 Å². The van der Waals surface area contributed by atoms with Gasteiger partial charge in [0.2, 0.25) is 0 Å². The highest BCUT2D eigenvalue weighted by molar-refractivity contribution is 6.30. The molecule has 0 saturated carbocycles. The van der Waals surface area contributed by atoms with Crippen LogP contribution in [0.3, 0.4) is 0 Å². The van der Waals surface area contributed by atoms with Crippen LogP contribution in [0, 0.1) is 0 Å². The van der Waals surface area contributed by atoms with Gasteiger partial charge < -0.3 is 10.1 Å². The molecule has 0 aliphatic rings. The van der Waals surface area contributed by atoms with Gasteiger partial charge in [-0.2, -0.15) is 0 Å². The van der Waals surface area contributed by atoms with Crippen LogP contribution in [0.15, 0.2) is 24.3 Å². The van der Waals surface area contributed by atoms with Crippen LogP contribution in [0.1, 0.15) is 26.7 Å². The number of ether oxygens (including phenoxy) is 1. The van der Waals surface area contributed by atoms with Crippen molar-refractivity contribution < 1.29 is 4.74 Å². The van der Waals surface area contributed by atoms with Crippen LogP contribution in [0.25, 0.3) is 0 Å². The first-order valence-corrected chi connectivity index (χ1v) is 5.98. The molecule has 90 valence electrons. The molecule has 0 heterocycles. The largest absolute Gasteiger partial charge is 0.494 e. The molecule has 1 rings (SSSR count). The SMILES string of the molecule is CNC(C)(C)CCCOc1ccc(Cl)cc1. The Morgan fingerprint density at radius 3 is 2.44 bits per heavy atom. The van der Waals surface area contributed by atoms with Crippen LogP contribution >= 0.6 is 11.6 Å². The fourth-order valence-corrected chi connectivity index (χ4v) is 1.49. The van der Waals surface area contributed by atoms with Crippen molar-refractivity contribution in [1.82, 2.24) is 5.32 Å². The van der Waals surface area contributed by atoms with Gasteiger partial charge in [-0.15, -0.1) is 0 Å². The number of rotatable bonds is 6. The average molecular weight is 242 g/mol. The Morgan fingerprint density at radius 2 is 1.88 bits per heavy atom. The molecule has 1 N–H and O–H groups in total. The summed E-state index contributed by atoms with van der Waals surface area (Å²) in [5.41, 5.74) is 0.184. The summed E-state index contributed by atoms with van der Waals surface area (Å²) < 4.78 is 5.61. The monoisotopic (exact) mass is 241 g/mol. The zero-order valence-electron chi connectivity index (χ0n) is 10.2. The summed E-state index contributed by atoms with van der Waals surface area (Å²) >= 11 is 5.79. The Kier molecular flexibility index (Phi) is 5.10. The molecule has 0 aliphatic heterocycles. The Labute approximate surface area is 103 Å². The standard InChI is InChI=1S/C13H20ClNO/c1-13(2,15-3)9-4-10-16-12-7-5-11(14)6-8-12/h5-8,15H,4,9-10H2,1-3H3. The molecule has 1 aromatic carbocycles. The highest BCUT2D eigenvalue weighted by Crippen LogP contribution is 2.16. The maximum absolute atomic E-state index is 5.79. The summed E-state index contributed by atoms with van der Waals surface area (Å²) in [4.78, 5) is 0. The third-order valence-electron chi connectivity index (χ3n) is 2.71. The van der Waals surface area contributed by atoms with Gasteiger partial charge in [-0.05, 0) is 58.0 Å². The fourth-order valence-electron chi connectivity index (χ4n) is 1.36. The third-order valence-corrected chi connectivity index (χ3v) is 2.96. The molecule has 0 bridgehead atoms. The van der Waals surface area contributed by atoms with Crippen molar-refractivity contribution in [3.8, 4) is 5.75 Å². The first-order valence-electron chi connectivity index (χ1n) is 5.61. The molecule has 0 unspecified atom stereocenters. The van der Waals surface area contributed by atoms with E-state index in [4.69, 9.17) is 16.3 Å². The molecule has 0 saturated heterocycles. The summed E-state index contributed by atoms with van der Waals surface area (Å²) in [6.45, 7) is 5.12. The second-order valence-corrected chi connectivity index (χ2v) is 4.98. The molecule has 0 amide bonds. The predicted molar refractivity (Wildman–Crippen MR) is 69.3 cm³/mol. The topological polar surface area (TPSA) is 21.3 Å². The molecular weight excluding hydrogens is 222 g/mol. The predicted octanol–water partition coefficient (Wildman–Crippen LogP) is 3.50. The quantitative estimate of drug-likeness (QED) is 0.770. The fraction of sp³-hybridized carbons (Fsp3) is 0.538. The number of hydrogen-bond donors (Lipinski definition) is 1. The van der Waals surface area contributed by atoms with Gasteiger partial charge >= 0.3 is 0 Å². The number of nitrogens with one attached hydrogen (secondary N) is 1. The van der Waals surface area contributed by atoms with Crippen LogP contribution in [0.5, 0.6) is 5.75 Å². The number of benzene rings is 1. The maximum Gasteiger partial charge on any atom is 0.119 e. The number of hydrogen-bond acceptors (Lipinski definition) is 2. The van der Waals surface area contributed by atoms with E-state index in [1.807, 2.05) is 31.3 Å². The summed E-state index contributed by atoms with van der Waals surface area (Å²) in [7, 11) is 1.99. The zero-order valence-corrected chi connectivity index (χ0v) is 11.0. The van der Waals surface area contributed by atoms with Crippen molar-refractivity contribution in [3.05, 3.63) is 29.3 Å². The minimum atomic E-state index is 0.184. The lowest BCUT2D eigenvalue weighted by Crippen LogP contribution is -2.36. The van der Waals surface area contributed by atoms with Crippen LogP contribution < -0.4 is 10.1 Å². The van der Waals surface area contributed by atoms with Gasteiger partial charge in [0.25, 0.3) is 0 Å². The molecule has 2 nitrogen and oxygen atoms in total. The maximum atomic E-state index is 5.79. The van der Waals surface area contributed by atoms with Crippen molar-refractivity contribution in [2.75, 3.05) is 13.7 Å². The lowest BCUT2D eigenvalue weighted by Gasteiger charge is -2.23. The lowest BCUT2D eigenvalue weighted by molar-refractivity contribution is 0.278. The summed E-state index contributed by atoms with van der Waals surface area (Å²) in [6.07, 6.45) is 2.13. The van der Waals surface area contributed by atoms with E-state index in [-0.39, 0.29) is 5.54 Å².